The largest absolute Gasteiger partial charge is 0.394 e. The SMILES string of the molecule is O=[N+]([O-])c1cncn1[C@@H]1O[C@H](CO)[C@@H](O)[13C@H]1O. The second-order valence-corrected chi connectivity index (χ2v) is 3.65. The van der Waals surface area contributed by atoms with Crippen molar-refractivity contribution in [1.82, 2.24) is 9.55 Å². The van der Waals surface area contributed by atoms with Gasteiger partial charge >= 0.3 is 5.82 Å². The van der Waals surface area contributed by atoms with Crippen molar-refractivity contribution in [3.8, 4) is 0 Å². The molecular formula is C8H11N3O6. The number of ether oxygens (including phenoxy) is 1. The Morgan fingerprint density at radius 1 is 1.53 bits per heavy atom. The Labute approximate surface area is 95.0 Å². The third-order valence-corrected chi connectivity index (χ3v) is 2.62. The van der Waals surface area contributed by atoms with Gasteiger partial charge in [-0.1, -0.05) is 0 Å². The van der Waals surface area contributed by atoms with E-state index in [0.717, 1.165) is 17.1 Å². The number of aliphatic hydroxyl groups excluding tert-OH is 3. The number of aromatic nitrogens is 2. The first kappa shape index (κ1) is 11.9. The Morgan fingerprint density at radius 3 is 2.76 bits per heavy atom. The smallest absolute Gasteiger partial charge is 0.344 e. The lowest BCUT2D eigenvalue weighted by atomic mass is 10.3. The van der Waals surface area contributed by atoms with Crippen molar-refractivity contribution in [2.75, 3.05) is 6.61 Å². The molecule has 3 N–H and O–H groups in total. The van der Waals surface area contributed by atoms with Crippen molar-refractivity contribution in [2.24, 2.45) is 0 Å². The summed E-state index contributed by atoms with van der Waals surface area (Å²) in [6.07, 6.45) is -2.64. The number of nitro groups is 1. The number of rotatable bonds is 3. The Balaban J connectivity index is 2.29. The highest BCUT2D eigenvalue weighted by atomic mass is 16.6. The fraction of sp³-hybridized carbons (Fsp3) is 0.625. The molecular weight excluding hydrogens is 235 g/mol. The zero-order valence-corrected chi connectivity index (χ0v) is 8.58. The lowest BCUT2D eigenvalue weighted by Gasteiger charge is -2.12. The maximum atomic E-state index is 10.7. The first-order valence-corrected chi connectivity index (χ1v) is 4.85. The maximum Gasteiger partial charge on any atom is 0.344 e. The highest BCUT2D eigenvalue weighted by molar-refractivity contribution is 5.16. The molecule has 9 heteroatoms. The van der Waals surface area contributed by atoms with Gasteiger partial charge in [-0.2, -0.15) is 4.57 Å². The van der Waals surface area contributed by atoms with Crippen molar-refractivity contribution in [1.29, 1.82) is 0 Å². The predicted octanol–water partition coefficient (Wildman–Crippen LogP) is -1.60. The molecule has 0 radical (unpaired) electrons. The summed E-state index contributed by atoms with van der Waals surface area (Å²) < 4.78 is 6.14. The summed E-state index contributed by atoms with van der Waals surface area (Å²) >= 11 is 0. The zero-order chi connectivity index (χ0) is 12.6. The van der Waals surface area contributed by atoms with E-state index in [-0.39, 0.29) is 5.82 Å². The van der Waals surface area contributed by atoms with Crippen molar-refractivity contribution in [3.05, 3.63) is 22.6 Å². The molecule has 1 saturated heterocycles. The molecule has 1 fully saturated rings. The molecule has 0 amide bonds. The molecule has 1 aliphatic heterocycles. The molecule has 0 bridgehead atoms. The van der Waals surface area contributed by atoms with Crippen LogP contribution in [-0.4, -0.2) is 54.7 Å². The van der Waals surface area contributed by atoms with Crippen LogP contribution in [0.3, 0.4) is 0 Å². The Hall–Kier alpha value is -1.55. The van der Waals surface area contributed by atoms with Gasteiger partial charge in [-0.25, -0.2) is 4.98 Å². The van der Waals surface area contributed by atoms with Crippen molar-refractivity contribution in [3.63, 3.8) is 0 Å². The van der Waals surface area contributed by atoms with Crippen LogP contribution >= 0.6 is 0 Å². The molecule has 17 heavy (non-hydrogen) atoms. The average molecular weight is 246 g/mol. The van der Waals surface area contributed by atoms with Gasteiger partial charge in [0.1, 0.15) is 24.5 Å². The van der Waals surface area contributed by atoms with Crippen LogP contribution in [0.25, 0.3) is 0 Å². The Bertz CT molecular complexity index is 421. The number of hydrogen-bond acceptors (Lipinski definition) is 7. The van der Waals surface area contributed by atoms with E-state index >= 15 is 0 Å². The molecule has 0 aliphatic carbocycles. The minimum absolute atomic E-state index is 0.361. The van der Waals surface area contributed by atoms with Gasteiger partial charge < -0.3 is 30.2 Å². The molecule has 1 aliphatic rings. The first-order chi connectivity index (χ1) is 8.06. The quantitative estimate of drug-likeness (QED) is 0.332. The second kappa shape index (κ2) is 4.37. The van der Waals surface area contributed by atoms with E-state index in [1.54, 1.807) is 0 Å². The molecule has 0 saturated carbocycles. The van der Waals surface area contributed by atoms with E-state index in [1.807, 2.05) is 0 Å². The van der Waals surface area contributed by atoms with E-state index in [2.05, 4.69) is 4.98 Å². The van der Waals surface area contributed by atoms with E-state index in [0.29, 0.717) is 0 Å². The van der Waals surface area contributed by atoms with Crippen LogP contribution in [0, 0.1) is 10.1 Å². The molecule has 1 aromatic heterocycles. The maximum absolute atomic E-state index is 10.7. The average Bonchev–Trinajstić information content (AvgIpc) is 2.86. The zero-order valence-electron chi connectivity index (χ0n) is 8.58. The van der Waals surface area contributed by atoms with Gasteiger partial charge in [0.2, 0.25) is 6.23 Å². The van der Waals surface area contributed by atoms with Gasteiger partial charge in [-0.15, -0.1) is 0 Å². The van der Waals surface area contributed by atoms with Crippen LogP contribution in [0.4, 0.5) is 5.82 Å². The highest BCUT2D eigenvalue weighted by Gasteiger charge is 2.47. The van der Waals surface area contributed by atoms with Crippen LogP contribution in [-0.2, 0) is 4.74 Å². The number of aliphatic hydroxyl groups is 3. The van der Waals surface area contributed by atoms with Crippen LogP contribution in [0.5, 0.6) is 0 Å². The summed E-state index contributed by atoms with van der Waals surface area (Å²) in [5, 5.41) is 38.8. The van der Waals surface area contributed by atoms with E-state index in [4.69, 9.17) is 9.84 Å². The summed E-state index contributed by atoms with van der Waals surface area (Å²) in [4.78, 5) is 13.6. The van der Waals surface area contributed by atoms with Gasteiger partial charge in [-0.05, 0) is 4.92 Å². The van der Waals surface area contributed by atoms with Crippen LogP contribution < -0.4 is 0 Å². The highest BCUT2D eigenvalue weighted by Crippen LogP contribution is 2.31. The molecule has 2 heterocycles. The van der Waals surface area contributed by atoms with Gasteiger partial charge in [0.25, 0.3) is 0 Å². The molecule has 0 unspecified atom stereocenters. The predicted molar refractivity (Wildman–Crippen MR) is 51.9 cm³/mol. The summed E-state index contributed by atoms with van der Waals surface area (Å²) in [6, 6.07) is 0. The van der Waals surface area contributed by atoms with E-state index < -0.39 is 36.1 Å². The number of imidazole rings is 1. The minimum atomic E-state index is -1.36. The fourth-order valence-electron chi connectivity index (χ4n) is 1.74. The standard InChI is InChI=1S/C8H11N3O6/c12-2-4-6(13)7(14)8(17-4)10-3-9-1-5(10)11(15)16/h1,3-4,6-8,12-14H,2H2/t4-,6-,7-,8-/m1/s1/i7+1. The summed E-state index contributed by atoms with van der Waals surface area (Å²) in [7, 11) is 0. The molecule has 1 aromatic rings. The summed E-state index contributed by atoms with van der Waals surface area (Å²) in [5.74, 6) is -0.361. The normalized spacial score (nSPS) is 32.9. The third kappa shape index (κ3) is 1.89. The lowest BCUT2D eigenvalue weighted by Crippen LogP contribution is -2.33. The molecule has 9 nitrogen and oxygen atoms in total. The van der Waals surface area contributed by atoms with E-state index in [1.165, 1.54) is 0 Å². The molecule has 0 spiro atoms. The van der Waals surface area contributed by atoms with Crippen molar-refractivity contribution < 1.29 is 25.0 Å². The lowest BCUT2D eigenvalue weighted by molar-refractivity contribution is -0.394. The minimum Gasteiger partial charge on any atom is -0.394 e. The Morgan fingerprint density at radius 2 is 2.24 bits per heavy atom. The van der Waals surface area contributed by atoms with Gasteiger partial charge in [0, 0.05) is 0 Å². The molecule has 2 rings (SSSR count). The second-order valence-electron chi connectivity index (χ2n) is 3.65. The molecule has 4 atom stereocenters. The Kier molecular flexibility index (Phi) is 3.07. The van der Waals surface area contributed by atoms with Crippen LogP contribution in [0.2, 0.25) is 0 Å². The van der Waals surface area contributed by atoms with Crippen LogP contribution in [0.15, 0.2) is 12.5 Å². The monoisotopic (exact) mass is 246 g/mol. The third-order valence-electron chi connectivity index (χ3n) is 2.62. The van der Waals surface area contributed by atoms with Crippen molar-refractivity contribution in [2.45, 2.75) is 24.5 Å². The summed E-state index contributed by atoms with van der Waals surface area (Å²) in [5.41, 5.74) is 0. The number of nitrogens with zero attached hydrogens (tertiary/aromatic N) is 3. The number of hydrogen-bond donors (Lipinski definition) is 3. The molecule has 0 aromatic carbocycles. The first-order valence-electron chi connectivity index (χ1n) is 4.85. The van der Waals surface area contributed by atoms with Gasteiger partial charge in [0.15, 0.2) is 6.33 Å². The molecule has 94 valence electrons. The van der Waals surface area contributed by atoms with Gasteiger partial charge in [0.05, 0.1) is 6.61 Å². The van der Waals surface area contributed by atoms with E-state index in [9.17, 15) is 20.3 Å². The van der Waals surface area contributed by atoms with Crippen molar-refractivity contribution >= 4 is 5.82 Å². The van der Waals surface area contributed by atoms with Gasteiger partial charge in [-0.3, -0.25) is 0 Å². The summed E-state index contributed by atoms with van der Waals surface area (Å²) in [6.45, 7) is -0.489. The fourth-order valence-corrected chi connectivity index (χ4v) is 1.74. The topological polar surface area (TPSA) is 131 Å². The van der Waals surface area contributed by atoms with Crippen LogP contribution in [0.1, 0.15) is 6.23 Å².